The summed E-state index contributed by atoms with van der Waals surface area (Å²) in [4.78, 5) is 4.56. The summed E-state index contributed by atoms with van der Waals surface area (Å²) in [6.07, 6.45) is 4.90. The molecule has 2 saturated carbocycles. The fraction of sp³-hybridized carbons (Fsp3) is 0.500. The van der Waals surface area contributed by atoms with E-state index in [2.05, 4.69) is 50.5 Å². The lowest BCUT2D eigenvalue weighted by atomic mass is 9.93. The predicted octanol–water partition coefficient (Wildman–Crippen LogP) is 2.76. The Labute approximate surface area is 116 Å². The van der Waals surface area contributed by atoms with Gasteiger partial charge in [-0.2, -0.15) is 0 Å². The largest absolute Gasteiger partial charge is 0.370 e. The predicted molar refractivity (Wildman–Crippen MR) is 77.7 cm³/mol. The number of aliphatic imine (C=N–C) groups is 1. The number of benzene rings is 1. The Kier molecular flexibility index (Phi) is 3.29. The van der Waals surface area contributed by atoms with Crippen LogP contribution in [0.15, 0.2) is 33.7 Å². The van der Waals surface area contributed by atoms with Crippen molar-refractivity contribution in [3.05, 3.63) is 34.3 Å². The molecule has 2 atom stereocenters. The van der Waals surface area contributed by atoms with E-state index >= 15 is 0 Å². The molecule has 4 heteroatoms. The summed E-state index contributed by atoms with van der Waals surface area (Å²) >= 11 is 3.45. The fourth-order valence-corrected chi connectivity index (χ4v) is 2.63. The van der Waals surface area contributed by atoms with Crippen LogP contribution in [-0.4, -0.2) is 18.0 Å². The molecule has 3 rings (SSSR count). The number of hydrogen-bond acceptors (Lipinski definition) is 1. The van der Waals surface area contributed by atoms with Gasteiger partial charge in [0.05, 0.1) is 6.04 Å². The van der Waals surface area contributed by atoms with Crippen LogP contribution in [-0.2, 0) is 0 Å². The van der Waals surface area contributed by atoms with Gasteiger partial charge < -0.3 is 11.1 Å². The van der Waals surface area contributed by atoms with Crippen molar-refractivity contribution in [2.75, 3.05) is 0 Å². The molecule has 1 aromatic rings. The van der Waals surface area contributed by atoms with Gasteiger partial charge in [-0.1, -0.05) is 28.1 Å². The van der Waals surface area contributed by atoms with Crippen LogP contribution in [0.1, 0.15) is 37.2 Å². The zero-order valence-corrected chi connectivity index (χ0v) is 11.9. The second-order valence-electron chi connectivity index (χ2n) is 5.25. The summed E-state index contributed by atoms with van der Waals surface area (Å²) in [5, 5.41) is 3.29. The number of nitrogens with zero attached hydrogens (tertiary/aromatic N) is 1. The fourth-order valence-electron chi connectivity index (χ4n) is 2.37. The smallest absolute Gasteiger partial charge is 0.189 e. The van der Waals surface area contributed by atoms with Crippen LogP contribution in [0.3, 0.4) is 0 Å². The Morgan fingerprint density at radius 1 is 1.28 bits per heavy atom. The van der Waals surface area contributed by atoms with Crippen molar-refractivity contribution >= 4 is 21.9 Å². The van der Waals surface area contributed by atoms with Crippen LogP contribution in [0.4, 0.5) is 0 Å². The van der Waals surface area contributed by atoms with Crippen molar-refractivity contribution in [1.82, 2.24) is 5.32 Å². The number of nitrogens with one attached hydrogen (secondary N) is 1. The minimum atomic E-state index is 0.374. The maximum atomic E-state index is 5.92. The maximum absolute atomic E-state index is 5.92. The molecule has 0 bridgehead atoms. The molecule has 18 heavy (non-hydrogen) atoms. The van der Waals surface area contributed by atoms with E-state index in [1.54, 1.807) is 0 Å². The van der Waals surface area contributed by atoms with Crippen LogP contribution in [0.25, 0.3) is 0 Å². The molecular formula is C14H18BrN3. The molecule has 2 aliphatic carbocycles. The quantitative estimate of drug-likeness (QED) is 0.666. The van der Waals surface area contributed by atoms with Gasteiger partial charge in [-0.25, -0.2) is 4.99 Å². The summed E-state index contributed by atoms with van der Waals surface area (Å²) in [5.41, 5.74) is 7.29. The molecule has 0 unspecified atom stereocenters. The van der Waals surface area contributed by atoms with E-state index in [1.165, 1.54) is 24.8 Å². The van der Waals surface area contributed by atoms with Gasteiger partial charge >= 0.3 is 0 Å². The molecule has 96 valence electrons. The standard InChI is InChI=1S/C14H18BrN3/c15-10-6-4-9(5-7-10)12-8-13(12)18-14(16)17-11-2-1-3-11/h4-7,11-13H,1-3,8H2,(H3,16,17,18)/t12-,13+/m0/s1. The van der Waals surface area contributed by atoms with Gasteiger partial charge in [0, 0.05) is 16.4 Å². The average Bonchev–Trinajstić information content (AvgIpc) is 3.04. The highest BCUT2D eigenvalue weighted by Gasteiger charge is 2.38. The minimum Gasteiger partial charge on any atom is -0.370 e. The number of hydrogen-bond donors (Lipinski definition) is 2. The van der Waals surface area contributed by atoms with Gasteiger partial charge in [0.2, 0.25) is 0 Å². The topological polar surface area (TPSA) is 50.4 Å². The average molecular weight is 308 g/mol. The minimum absolute atomic E-state index is 0.374. The summed E-state index contributed by atoms with van der Waals surface area (Å²) in [6.45, 7) is 0. The monoisotopic (exact) mass is 307 g/mol. The van der Waals surface area contributed by atoms with Crippen LogP contribution >= 0.6 is 15.9 Å². The van der Waals surface area contributed by atoms with E-state index in [-0.39, 0.29) is 0 Å². The normalized spacial score (nSPS) is 27.7. The molecule has 0 spiro atoms. The summed E-state index contributed by atoms with van der Waals surface area (Å²) < 4.78 is 1.12. The summed E-state index contributed by atoms with van der Waals surface area (Å²) in [7, 11) is 0. The SMILES string of the molecule is NC(=N[C@@H]1C[C@H]1c1ccc(Br)cc1)NC1CCC1. The molecule has 0 saturated heterocycles. The zero-order chi connectivity index (χ0) is 12.5. The van der Waals surface area contributed by atoms with Crippen molar-refractivity contribution in [3.63, 3.8) is 0 Å². The van der Waals surface area contributed by atoms with E-state index in [4.69, 9.17) is 5.73 Å². The number of nitrogens with two attached hydrogens (primary N) is 1. The first-order valence-electron chi connectivity index (χ1n) is 6.57. The van der Waals surface area contributed by atoms with Gasteiger partial charge in [-0.05, 0) is 43.4 Å². The molecule has 0 aliphatic heterocycles. The van der Waals surface area contributed by atoms with Crippen molar-refractivity contribution in [1.29, 1.82) is 0 Å². The lowest BCUT2D eigenvalue weighted by Crippen LogP contribution is -2.43. The third kappa shape index (κ3) is 2.69. The summed E-state index contributed by atoms with van der Waals surface area (Å²) in [6, 6.07) is 9.45. The first-order valence-corrected chi connectivity index (χ1v) is 7.37. The van der Waals surface area contributed by atoms with Crippen molar-refractivity contribution in [3.8, 4) is 0 Å². The Morgan fingerprint density at radius 3 is 2.61 bits per heavy atom. The van der Waals surface area contributed by atoms with E-state index < -0.39 is 0 Å². The van der Waals surface area contributed by atoms with E-state index in [0.717, 1.165) is 10.9 Å². The molecule has 0 radical (unpaired) electrons. The molecule has 3 nitrogen and oxygen atoms in total. The molecule has 2 aliphatic rings. The third-order valence-corrected chi connectivity index (χ3v) is 4.35. The van der Waals surface area contributed by atoms with Crippen LogP contribution in [0, 0.1) is 0 Å². The highest BCUT2D eigenvalue weighted by Crippen LogP contribution is 2.43. The molecular weight excluding hydrogens is 290 g/mol. The van der Waals surface area contributed by atoms with Gasteiger partial charge in [0.15, 0.2) is 5.96 Å². The Hall–Kier alpha value is -1.03. The Morgan fingerprint density at radius 2 is 2.00 bits per heavy atom. The van der Waals surface area contributed by atoms with E-state index in [1.807, 2.05) is 0 Å². The van der Waals surface area contributed by atoms with Crippen LogP contribution < -0.4 is 11.1 Å². The first kappa shape index (κ1) is 12.0. The maximum Gasteiger partial charge on any atom is 0.189 e. The highest BCUT2D eigenvalue weighted by molar-refractivity contribution is 9.10. The third-order valence-electron chi connectivity index (χ3n) is 3.82. The first-order chi connectivity index (χ1) is 8.72. The Bertz CT molecular complexity index is 451. The van der Waals surface area contributed by atoms with E-state index in [9.17, 15) is 0 Å². The molecule has 0 heterocycles. The van der Waals surface area contributed by atoms with Crippen LogP contribution in [0.2, 0.25) is 0 Å². The van der Waals surface area contributed by atoms with Crippen molar-refractivity contribution < 1.29 is 0 Å². The van der Waals surface area contributed by atoms with Gasteiger partial charge in [0.1, 0.15) is 0 Å². The zero-order valence-electron chi connectivity index (χ0n) is 10.3. The Balaban J connectivity index is 1.56. The molecule has 2 fully saturated rings. The van der Waals surface area contributed by atoms with E-state index in [0.29, 0.717) is 24.0 Å². The molecule has 0 amide bonds. The second-order valence-corrected chi connectivity index (χ2v) is 6.16. The van der Waals surface area contributed by atoms with Crippen LogP contribution in [0.5, 0.6) is 0 Å². The van der Waals surface area contributed by atoms with Gasteiger partial charge in [0.25, 0.3) is 0 Å². The molecule has 1 aromatic carbocycles. The van der Waals surface area contributed by atoms with Gasteiger partial charge in [-0.15, -0.1) is 0 Å². The van der Waals surface area contributed by atoms with Crippen molar-refractivity contribution in [2.24, 2.45) is 10.7 Å². The number of halogens is 1. The second kappa shape index (κ2) is 4.92. The number of guanidine groups is 1. The molecule has 3 N–H and O–H groups in total. The van der Waals surface area contributed by atoms with Crippen molar-refractivity contribution in [2.45, 2.75) is 43.7 Å². The lowest BCUT2D eigenvalue weighted by molar-refractivity contribution is 0.382. The van der Waals surface area contributed by atoms with Gasteiger partial charge in [-0.3, -0.25) is 0 Å². The highest BCUT2D eigenvalue weighted by atomic mass is 79.9. The number of rotatable bonds is 3. The molecule has 0 aromatic heterocycles. The summed E-state index contributed by atoms with van der Waals surface area (Å²) in [5.74, 6) is 1.18. The lowest BCUT2D eigenvalue weighted by Gasteiger charge is -2.26.